The number of rotatable bonds is 3. The Hall–Kier alpha value is -0.840. The monoisotopic (exact) mass is 203 g/mol. The van der Waals surface area contributed by atoms with Gasteiger partial charge in [0.1, 0.15) is 10.9 Å². The quantitative estimate of drug-likeness (QED) is 0.711. The third-order valence-electron chi connectivity index (χ3n) is 1.67. The van der Waals surface area contributed by atoms with Crippen molar-refractivity contribution in [2.75, 3.05) is 7.11 Å². The summed E-state index contributed by atoms with van der Waals surface area (Å²) in [4.78, 5) is 3.85. The highest BCUT2D eigenvalue weighted by Gasteiger charge is 2.10. The molecule has 1 heterocycles. The standard InChI is InChI=1S/C8H10ClNO3/c1-13-7-2-8(9)10-6(4-12)5(7)3-11/h2,11-12H,3-4H2,1H3. The average Bonchev–Trinajstić information content (AvgIpc) is 2.16. The number of aromatic nitrogens is 1. The van der Waals surface area contributed by atoms with Gasteiger partial charge in [0.2, 0.25) is 0 Å². The minimum Gasteiger partial charge on any atom is -0.496 e. The van der Waals surface area contributed by atoms with E-state index >= 15 is 0 Å². The summed E-state index contributed by atoms with van der Waals surface area (Å²) in [5.41, 5.74) is 0.807. The fraction of sp³-hybridized carbons (Fsp3) is 0.375. The molecule has 1 aromatic rings. The van der Waals surface area contributed by atoms with Crippen LogP contribution in [-0.4, -0.2) is 22.3 Å². The second-order valence-corrected chi connectivity index (χ2v) is 2.78. The zero-order valence-corrected chi connectivity index (χ0v) is 7.88. The normalized spacial score (nSPS) is 10.2. The first-order chi connectivity index (χ1) is 6.22. The predicted molar refractivity (Wildman–Crippen MR) is 47.6 cm³/mol. The van der Waals surface area contributed by atoms with Crippen LogP contribution in [0.3, 0.4) is 0 Å². The lowest BCUT2D eigenvalue weighted by Crippen LogP contribution is -2.01. The summed E-state index contributed by atoms with van der Waals surface area (Å²) in [6, 6.07) is 1.49. The Morgan fingerprint density at radius 2 is 2.15 bits per heavy atom. The summed E-state index contributed by atoms with van der Waals surface area (Å²) in [5, 5.41) is 18.1. The molecule has 5 heteroatoms. The zero-order chi connectivity index (χ0) is 9.84. The molecule has 0 aliphatic rings. The first kappa shape index (κ1) is 10.2. The number of methoxy groups -OCH3 is 1. The van der Waals surface area contributed by atoms with Gasteiger partial charge in [-0.2, -0.15) is 0 Å². The van der Waals surface area contributed by atoms with Crippen LogP contribution in [0.2, 0.25) is 5.15 Å². The lowest BCUT2D eigenvalue weighted by atomic mass is 10.2. The molecule has 13 heavy (non-hydrogen) atoms. The van der Waals surface area contributed by atoms with Gasteiger partial charge < -0.3 is 14.9 Å². The van der Waals surface area contributed by atoms with E-state index in [-0.39, 0.29) is 18.4 Å². The van der Waals surface area contributed by atoms with E-state index in [0.29, 0.717) is 17.0 Å². The SMILES string of the molecule is COc1cc(Cl)nc(CO)c1CO. The Balaban J connectivity index is 3.25. The second kappa shape index (κ2) is 4.41. The summed E-state index contributed by atoms with van der Waals surface area (Å²) in [5.74, 6) is 0.437. The number of nitrogens with zero attached hydrogens (tertiary/aromatic N) is 1. The summed E-state index contributed by atoms with van der Waals surface area (Å²) < 4.78 is 4.96. The molecule has 0 fully saturated rings. The molecule has 0 atom stereocenters. The zero-order valence-electron chi connectivity index (χ0n) is 7.12. The molecule has 0 spiro atoms. The fourth-order valence-corrected chi connectivity index (χ4v) is 1.25. The van der Waals surface area contributed by atoms with Gasteiger partial charge in [0.15, 0.2) is 0 Å². The molecule has 0 aliphatic heterocycles. The maximum absolute atomic E-state index is 8.98. The highest BCUT2D eigenvalue weighted by Crippen LogP contribution is 2.24. The van der Waals surface area contributed by atoms with E-state index < -0.39 is 0 Å². The minimum absolute atomic E-state index is 0.233. The highest BCUT2D eigenvalue weighted by atomic mass is 35.5. The Bertz CT molecular complexity index is 278. The van der Waals surface area contributed by atoms with Crippen molar-refractivity contribution >= 4 is 11.6 Å². The smallest absolute Gasteiger partial charge is 0.133 e. The summed E-state index contributed by atoms with van der Waals surface area (Å²) >= 11 is 5.65. The first-order valence-electron chi connectivity index (χ1n) is 3.67. The molecule has 2 N–H and O–H groups in total. The molecule has 0 aromatic carbocycles. The van der Waals surface area contributed by atoms with E-state index in [1.165, 1.54) is 13.2 Å². The van der Waals surface area contributed by atoms with Crippen LogP contribution in [0.1, 0.15) is 11.3 Å². The number of pyridine rings is 1. The van der Waals surface area contributed by atoms with Crippen molar-refractivity contribution in [3.8, 4) is 5.75 Å². The number of halogens is 1. The molecule has 0 aliphatic carbocycles. The molecular formula is C8H10ClNO3. The Morgan fingerprint density at radius 3 is 2.62 bits per heavy atom. The van der Waals surface area contributed by atoms with Gasteiger partial charge in [0, 0.05) is 11.6 Å². The van der Waals surface area contributed by atoms with Gasteiger partial charge in [-0.05, 0) is 0 Å². The molecule has 0 saturated carbocycles. The van der Waals surface area contributed by atoms with E-state index in [4.69, 9.17) is 26.6 Å². The largest absolute Gasteiger partial charge is 0.496 e. The molecular weight excluding hydrogens is 194 g/mol. The number of ether oxygens (including phenoxy) is 1. The van der Waals surface area contributed by atoms with Crippen molar-refractivity contribution in [3.63, 3.8) is 0 Å². The number of aliphatic hydroxyl groups is 2. The van der Waals surface area contributed by atoms with Crippen LogP contribution in [0, 0.1) is 0 Å². The van der Waals surface area contributed by atoms with E-state index in [0.717, 1.165) is 0 Å². The van der Waals surface area contributed by atoms with Crippen molar-refractivity contribution in [2.24, 2.45) is 0 Å². The molecule has 1 aromatic heterocycles. The fourth-order valence-electron chi connectivity index (χ4n) is 1.05. The average molecular weight is 204 g/mol. The molecule has 0 saturated heterocycles. The minimum atomic E-state index is -0.271. The van der Waals surface area contributed by atoms with Gasteiger partial charge >= 0.3 is 0 Å². The van der Waals surface area contributed by atoms with Crippen LogP contribution in [0.4, 0.5) is 0 Å². The van der Waals surface area contributed by atoms with E-state index in [2.05, 4.69) is 4.98 Å². The molecule has 1 rings (SSSR count). The van der Waals surface area contributed by atoms with Crippen molar-refractivity contribution in [1.82, 2.24) is 4.98 Å². The number of hydrogen-bond donors (Lipinski definition) is 2. The highest BCUT2D eigenvalue weighted by molar-refractivity contribution is 6.29. The van der Waals surface area contributed by atoms with Crippen LogP contribution in [0.15, 0.2) is 6.07 Å². The summed E-state index contributed by atoms with van der Waals surface area (Å²) in [6.45, 7) is -0.504. The topological polar surface area (TPSA) is 62.6 Å². The summed E-state index contributed by atoms with van der Waals surface area (Å²) in [6.07, 6.45) is 0. The lowest BCUT2D eigenvalue weighted by Gasteiger charge is -2.09. The molecule has 0 radical (unpaired) electrons. The third kappa shape index (κ3) is 2.09. The predicted octanol–water partition coefficient (Wildman–Crippen LogP) is 0.728. The Kier molecular flexibility index (Phi) is 3.48. The molecule has 0 bridgehead atoms. The molecule has 72 valence electrons. The van der Waals surface area contributed by atoms with Crippen molar-refractivity contribution < 1.29 is 14.9 Å². The molecule has 0 amide bonds. The van der Waals surface area contributed by atoms with Gasteiger partial charge in [-0.3, -0.25) is 0 Å². The van der Waals surface area contributed by atoms with Crippen LogP contribution in [-0.2, 0) is 13.2 Å². The maximum atomic E-state index is 8.98. The Labute approximate surface area is 80.8 Å². The molecule has 0 unspecified atom stereocenters. The third-order valence-corrected chi connectivity index (χ3v) is 1.86. The number of aliphatic hydroxyl groups excluding tert-OH is 2. The molecule has 4 nitrogen and oxygen atoms in total. The second-order valence-electron chi connectivity index (χ2n) is 2.39. The lowest BCUT2D eigenvalue weighted by molar-refractivity contribution is 0.250. The van der Waals surface area contributed by atoms with Crippen molar-refractivity contribution in [3.05, 3.63) is 22.5 Å². The van der Waals surface area contributed by atoms with E-state index in [1.54, 1.807) is 0 Å². The maximum Gasteiger partial charge on any atom is 0.133 e. The van der Waals surface area contributed by atoms with Crippen molar-refractivity contribution in [2.45, 2.75) is 13.2 Å². The number of hydrogen-bond acceptors (Lipinski definition) is 4. The van der Waals surface area contributed by atoms with Crippen LogP contribution < -0.4 is 4.74 Å². The van der Waals surface area contributed by atoms with Crippen LogP contribution >= 0.6 is 11.6 Å². The van der Waals surface area contributed by atoms with Gasteiger partial charge in [-0.15, -0.1) is 0 Å². The van der Waals surface area contributed by atoms with Gasteiger partial charge in [-0.25, -0.2) is 4.98 Å². The van der Waals surface area contributed by atoms with Gasteiger partial charge in [-0.1, -0.05) is 11.6 Å². The van der Waals surface area contributed by atoms with E-state index in [9.17, 15) is 0 Å². The van der Waals surface area contributed by atoms with Crippen LogP contribution in [0.25, 0.3) is 0 Å². The Morgan fingerprint density at radius 1 is 1.46 bits per heavy atom. The van der Waals surface area contributed by atoms with Gasteiger partial charge in [0.25, 0.3) is 0 Å². The van der Waals surface area contributed by atoms with E-state index in [1.807, 2.05) is 0 Å². The van der Waals surface area contributed by atoms with Gasteiger partial charge in [0.05, 0.1) is 26.0 Å². The van der Waals surface area contributed by atoms with Crippen molar-refractivity contribution in [1.29, 1.82) is 0 Å². The summed E-state index contributed by atoms with van der Waals surface area (Å²) in [7, 11) is 1.46. The first-order valence-corrected chi connectivity index (χ1v) is 4.04. The van der Waals surface area contributed by atoms with Crippen LogP contribution in [0.5, 0.6) is 5.75 Å².